The van der Waals surface area contributed by atoms with Crippen LogP contribution in [-0.4, -0.2) is 43.8 Å². The zero-order valence-electron chi connectivity index (χ0n) is 22.6. The molecule has 1 saturated heterocycles. The SMILES string of the molecule is O=C[C@@H]1C[C@@H](Oc2ccc(-c3ccc(Cl)cc3)cc2)CCN1S(=O)(=O)c1ccc2cc(OC3CCCC3)ccc2c1. The molecule has 1 aliphatic heterocycles. The van der Waals surface area contributed by atoms with Crippen molar-refractivity contribution in [3.05, 3.63) is 90.0 Å². The molecule has 6 nitrogen and oxygen atoms in total. The number of sulfonamides is 1. The van der Waals surface area contributed by atoms with Crippen LogP contribution in [0.1, 0.15) is 38.5 Å². The molecule has 0 N–H and O–H groups in total. The Hall–Kier alpha value is -3.39. The zero-order chi connectivity index (χ0) is 28.4. The van der Waals surface area contributed by atoms with Crippen LogP contribution in [0.25, 0.3) is 21.9 Å². The Balaban J connectivity index is 1.12. The van der Waals surface area contributed by atoms with Crippen LogP contribution in [0.15, 0.2) is 89.8 Å². The Morgan fingerprint density at radius 3 is 2.05 bits per heavy atom. The summed E-state index contributed by atoms with van der Waals surface area (Å²) in [5, 5.41) is 2.42. The Morgan fingerprint density at radius 2 is 1.34 bits per heavy atom. The summed E-state index contributed by atoms with van der Waals surface area (Å²) in [5.41, 5.74) is 2.08. The number of ether oxygens (including phenoxy) is 2. The standard InChI is InChI=1S/C33H32ClNO5S/c34-27-11-5-23(6-12-27)24-7-13-30(14-8-24)40-32-17-18-35(28(21-32)22-36)41(37,38)33-16-10-25-19-31(15-9-26(25)20-33)39-29-3-1-2-4-29/h5-16,19-20,22,28-29,32H,1-4,17-18,21H2/t28-,32-/m0/s1. The van der Waals surface area contributed by atoms with Gasteiger partial charge in [-0.2, -0.15) is 4.31 Å². The van der Waals surface area contributed by atoms with E-state index in [1.54, 1.807) is 12.1 Å². The number of halogens is 1. The number of rotatable bonds is 8. The number of carbonyl (C=O) groups is 1. The summed E-state index contributed by atoms with van der Waals surface area (Å²) in [5.74, 6) is 1.49. The number of piperidine rings is 1. The van der Waals surface area contributed by atoms with Crippen molar-refractivity contribution in [1.82, 2.24) is 4.31 Å². The van der Waals surface area contributed by atoms with Gasteiger partial charge in [-0.05, 0) is 103 Å². The number of fused-ring (bicyclic) bond motifs is 1. The number of hydrogen-bond donors (Lipinski definition) is 0. The summed E-state index contributed by atoms with van der Waals surface area (Å²) >= 11 is 5.99. The van der Waals surface area contributed by atoms with E-state index in [0.29, 0.717) is 23.5 Å². The number of carbonyl (C=O) groups excluding carboxylic acids is 1. The van der Waals surface area contributed by atoms with Gasteiger partial charge in [0.1, 0.15) is 23.9 Å². The third-order valence-corrected chi connectivity index (χ3v) is 10.2. The number of nitrogens with zero attached hydrogens (tertiary/aromatic N) is 1. The van der Waals surface area contributed by atoms with Gasteiger partial charge in [-0.15, -0.1) is 0 Å². The first-order chi connectivity index (χ1) is 19.9. The molecule has 0 bridgehead atoms. The minimum atomic E-state index is -3.87. The molecule has 2 aliphatic rings. The van der Waals surface area contributed by atoms with E-state index in [4.69, 9.17) is 21.1 Å². The normalized spacial score (nSPS) is 20.2. The van der Waals surface area contributed by atoms with Crippen LogP contribution in [0.5, 0.6) is 11.5 Å². The second-order valence-corrected chi connectivity index (χ2v) is 13.1. The average molecular weight is 590 g/mol. The van der Waals surface area contributed by atoms with Gasteiger partial charge in [0.15, 0.2) is 0 Å². The third-order valence-electron chi connectivity index (χ3n) is 8.03. The summed E-state index contributed by atoms with van der Waals surface area (Å²) in [6, 6.07) is 25.4. The van der Waals surface area contributed by atoms with E-state index >= 15 is 0 Å². The fraction of sp³-hybridized carbons (Fsp3) is 0.303. The molecule has 0 aromatic heterocycles. The van der Waals surface area contributed by atoms with Crippen molar-refractivity contribution in [3.63, 3.8) is 0 Å². The van der Waals surface area contributed by atoms with Crippen LogP contribution >= 0.6 is 11.6 Å². The smallest absolute Gasteiger partial charge is 0.243 e. The minimum Gasteiger partial charge on any atom is -0.490 e. The molecule has 0 radical (unpaired) electrons. The lowest BCUT2D eigenvalue weighted by Crippen LogP contribution is -2.49. The Morgan fingerprint density at radius 1 is 0.732 bits per heavy atom. The molecular weight excluding hydrogens is 558 g/mol. The molecule has 8 heteroatoms. The highest BCUT2D eigenvalue weighted by atomic mass is 35.5. The molecule has 0 spiro atoms. The first-order valence-corrected chi connectivity index (χ1v) is 15.9. The Labute approximate surface area is 245 Å². The van der Waals surface area contributed by atoms with E-state index in [9.17, 15) is 13.2 Å². The third kappa shape index (κ3) is 6.13. The highest BCUT2D eigenvalue weighted by molar-refractivity contribution is 7.89. The summed E-state index contributed by atoms with van der Waals surface area (Å²) in [4.78, 5) is 12.3. The molecule has 4 aromatic rings. The van der Waals surface area contributed by atoms with Crippen molar-refractivity contribution in [3.8, 4) is 22.6 Å². The summed E-state index contributed by atoms with van der Waals surface area (Å²) in [6.45, 7) is 0.200. The van der Waals surface area contributed by atoms with E-state index in [2.05, 4.69) is 0 Å². The van der Waals surface area contributed by atoms with E-state index in [-0.39, 0.29) is 30.1 Å². The molecule has 1 saturated carbocycles. The van der Waals surface area contributed by atoms with Crippen LogP contribution in [0.4, 0.5) is 0 Å². The summed E-state index contributed by atoms with van der Waals surface area (Å²) in [6.07, 6.45) is 6.02. The molecule has 2 atom stereocenters. The highest BCUT2D eigenvalue weighted by Crippen LogP contribution is 2.32. The lowest BCUT2D eigenvalue weighted by Gasteiger charge is -2.35. The van der Waals surface area contributed by atoms with Gasteiger partial charge >= 0.3 is 0 Å². The summed E-state index contributed by atoms with van der Waals surface area (Å²) in [7, 11) is -3.87. The molecular formula is C33H32ClNO5S. The maximum absolute atomic E-state index is 13.6. The van der Waals surface area contributed by atoms with Crippen molar-refractivity contribution >= 4 is 38.7 Å². The zero-order valence-corrected chi connectivity index (χ0v) is 24.2. The van der Waals surface area contributed by atoms with Crippen molar-refractivity contribution in [2.24, 2.45) is 0 Å². The molecule has 41 heavy (non-hydrogen) atoms. The van der Waals surface area contributed by atoms with Crippen molar-refractivity contribution in [1.29, 1.82) is 0 Å². The van der Waals surface area contributed by atoms with Crippen molar-refractivity contribution < 1.29 is 22.7 Å². The van der Waals surface area contributed by atoms with E-state index < -0.39 is 16.1 Å². The number of benzene rings is 4. The molecule has 1 aliphatic carbocycles. The number of hydrogen-bond acceptors (Lipinski definition) is 5. The minimum absolute atomic E-state index is 0.179. The van der Waals surface area contributed by atoms with Crippen molar-refractivity contribution in [2.75, 3.05) is 6.54 Å². The lowest BCUT2D eigenvalue weighted by atomic mass is 10.0. The first-order valence-electron chi connectivity index (χ1n) is 14.1. The number of aldehydes is 1. The maximum atomic E-state index is 13.6. The topological polar surface area (TPSA) is 72.9 Å². The monoisotopic (exact) mass is 589 g/mol. The maximum Gasteiger partial charge on any atom is 0.243 e. The molecule has 212 valence electrons. The van der Waals surface area contributed by atoms with E-state index in [1.807, 2.05) is 72.8 Å². The molecule has 1 heterocycles. The molecule has 4 aromatic carbocycles. The molecule has 0 unspecified atom stereocenters. The quantitative estimate of drug-likeness (QED) is 0.202. The summed E-state index contributed by atoms with van der Waals surface area (Å²) < 4.78 is 40.9. The Bertz CT molecular complexity index is 1630. The van der Waals surface area contributed by atoms with Crippen LogP contribution in [0.3, 0.4) is 0 Å². The van der Waals surface area contributed by atoms with Gasteiger partial charge in [0.25, 0.3) is 0 Å². The van der Waals surface area contributed by atoms with Gasteiger partial charge in [0, 0.05) is 18.0 Å². The van der Waals surface area contributed by atoms with E-state index in [0.717, 1.165) is 40.5 Å². The largest absolute Gasteiger partial charge is 0.490 e. The molecule has 6 rings (SSSR count). The predicted octanol–water partition coefficient (Wildman–Crippen LogP) is 7.28. The van der Waals surface area contributed by atoms with Gasteiger partial charge in [0.05, 0.1) is 17.0 Å². The molecule has 0 amide bonds. The second kappa shape index (κ2) is 11.8. The fourth-order valence-electron chi connectivity index (χ4n) is 5.80. The van der Waals surface area contributed by atoms with Crippen LogP contribution in [-0.2, 0) is 14.8 Å². The molecule has 2 fully saturated rings. The van der Waals surface area contributed by atoms with Gasteiger partial charge in [-0.1, -0.05) is 48.0 Å². The van der Waals surface area contributed by atoms with Crippen LogP contribution < -0.4 is 9.47 Å². The van der Waals surface area contributed by atoms with Gasteiger partial charge in [-0.3, -0.25) is 0 Å². The van der Waals surface area contributed by atoms with Crippen molar-refractivity contribution in [2.45, 2.75) is 61.7 Å². The first kappa shape index (κ1) is 27.8. The van der Waals surface area contributed by atoms with Crippen LogP contribution in [0, 0.1) is 0 Å². The van der Waals surface area contributed by atoms with E-state index in [1.165, 1.54) is 17.1 Å². The fourth-order valence-corrected chi connectivity index (χ4v) is 7.55. The van der Waals surface area contributed by atoms with Crippen LogP contribution in [0.2, 0.25) is 5.02 Å². The van der Waals surface area contributed by atoms with Gasteiger partial charge in [0.2, 0.25) is 10.0 Å². The highest BCUT2D eigenvalue weighted by Gasteiger charge is 2.37. The Kier molecular flexibility index (Phi) is 8.02. The second-order valence-electron chi connectivity index (χ2n) is 10.8. The lowest BCUT2D eigenvalue weighted by molar-refractivity contribution is -0.112. The average Bonchev–Trinajstić information content (AvgIpc) is 3.50. The van der Waals surface area contributed by atoms with Gasteiger partial charge < -0.3 is 14.3 Å². The van der Waals surface area contributed by atoms with Gasteiger partial charge in [-0.25, -0.2) is 8.42 Å². The predicted molar refractivity (Wildman–Crippen MR) is 161 cm³/mol.